The maximum absolute atomic E-state index is 11.5. The van der Waals surface area contributed by atoms with Crippen LogP contribution in [0.2, 0.25) is 0 Å². The van der Waals surface area contributed by atoms with Crippen molar-refractivity contribution < 1.29 is 4.79 Å². The zero-order valence-corrected chi connectivity index (χ0v) is 7.91. The molecule has 0 aliphatic carbocycles. The molecule has 4 heteroatoms. The monoisotopic (exact) mass is 183 g/mol. The predicted octanol–water partition coefficient (Wildman–Crippen LogP) is -0.748. The molecule has 0 unspecified atom stereocenters. The van der Waals surface area contributed by atoms with Gasteiger partial charge in [-0.2, -0.15) is 0 Å². The lowest BCUT2D eigenvalue weighted by Crippen LogP contribution is -2.47. The summed E-state index contributed by atoms with van der Waals surface area (Å²) in [6, 6.07) is 0.282. The van der Waals surface area contributed by atoms with E-state index in [0.717, 1.165) is 32.6 Å². The second-order valence-electron chi connectivity index (χ2n) is 4.02. The molecule has 0 saturated carbocycles. The highest BCUT2D eigenvalue weighted by Crippen LogP contribution is 2.10. The van der Waals surface area contributed by atoms with E-state index in [9.17, 15) is 4.79 Å². The first-order chi connectivity index (χ1) is 6.25. The highest BCUT2D eigenvalue weighted by Gasteiger charge is 2.25. The number of nitrogens with zero attached hydrogens (tertiary/aromatic N) is 2. The van der Waals surface area contributed by atoms with Gasteiger partial charge in [-0.25, -0.2) is 0 Å². The SMILES string of the molecule is N[C@@H]1CCN(CC(=O)N2CCC2)C1. The van der Waals surface area contributed by atoms with Crippen molar-refractivity contribution >= 4 is 5.91 Å². The number of nitrogens with two attached hydrogens (primary N) is 1. The molecule has 1 atom stereocenters. The van der Waals surface area contributed by atoms with E-state index in [1.165, 1.54) is 6.42 Å². The molecule has 2 saturated heterocycles. The van der Waals surface area contributed by atoms with Gasteiger partial charge in [0.15, 0.2) is 0 Å². The molecule has 0 aromatic carbocycles. The summed E-state index contributed by atoms with van der Waals surface area (Å²) in [5, 5.41) is 0. The van der Waals surface area contributed by atoms with E-state index in [-0.39, 0.29) is 11.9 Å². The maximum Gasteiger partial charge on any atom is 0.236 e. The van der Waals surface area contributed by atoms with Gasteiger partial charge in [0.05, 0.1) is 6.54 Å². The van der Waals surface area contributed by atoms with Crippen LogP contribution in [0.15, 0.2) is 0 Å². The first-order valence-electron chi connectivity index (χ1n) is 5.01. The van der Waals surface area contributed by atoms with E-state index in [1.807, 2.05) is 4.90 Å². The van der Waals surface area contributed by atoms with Crippen LogP contribution in [0.1, 0.15) is 12.8 Å². The Kier molecular flexibility index (Phi) is 2.51. The normalized spacial score (nSPS) is 29.0. The van der Waals surface area contributed by atoms with E-state index in [2.05, 4.69) is 4.90 Å². The summed E-state index contributed by atoms with van der Waals surface area (Å²) >= 11 is 0. The van der Waals surface area contributed by atoms with Crippen molar-refractivity contribution in [1.29, 1.82) is 0 Å². The molecule has 13 heavy (non-hydrogen) atoms. The highest BCUT2D eigenvalue weighted by atomic mass is 16.2. The first-order valence-corrected chi connectivity index (χ1v) is 5.01. The van der Waals surface area contributed by atoms with Crippen molar-refractivity contribution in [2.24, 2.45) is 5.73 Å². The van der Waals surface area contributed by atoms with Crippen LogP contribution < -0.4 is 5.73 Å². The Morgan fingerprint density at radius 2 is 2.15 bits per heavy atom. The third kappa shape index (κ3) is 2.00. The van der Waals surface area contributed by atoms with Crippen LogP contribution in [0.4, 0.5) is 0 Å². The van der Waals surface area contributed by atoms with E-state index >= 15 is 0 Å². The summed E-state index contributed by atoms with van der Waals surface area (Å²) in [6.07, 6.45) is 2.21. The van der Waals surface area contributed by atoms with E-state index in [0.29, 0.717) is 6.54 Å². The predicted molar refractivity (Wildman–Crippen MR) is 50.2 cm³/mol. The van der Waals surface area contributed by atoms with Crippen LogP contribution in [0.3, 0.4) is 0 Å². The molecule has 0 aromatic heterocycles. The van der Waals surface area contributed by atoms with Crippen molar-refractivity contribution in [3.63, 3.8) is 0 Å². The Balaban J connectivity index is 1.74. The Labute approximate surface area is 78.7 Å². The van der Waals surface area contributed by atoms with Crippen LogP contribution in [0, 0.1) is 0 Å². The van der Waals surface area contributed by atoms with Crippen molar-refractivity contribution in [3.8, 4) is 0 Å². The maximum atomic E-state index is 11.5. The van der Waals surface area contributed by atoms with Crippen LogP contribution in [0.25, 0.3) is 0 Å². The number of hydrogen-bond donors (Lipinski definition) is 1. The summed E-state index contributed by atoms with van der Waals surface area (Å²) in [7, 11) is 0. The van der Waals surface area contributed by atoms with Crippen molar-refractivity contribution in [2.75, 3.05) is 32.7 Å². The fraction of sp³-hybridized carbons (Fsp3) is 0.889. The van der Waals surface area contributed by atoms with Gasteiger partial charge in [-0.1, -0.05) is 0 Å². The smallest absolute Gasteiger partial charge is 0.236 e. The summed E-state index contributed by atoms with van der Waals surface area (Å²) in [4.78, 5) is 15.6. The number of likely N-dealkylation sites (tertiary alicyclic amines) is 2. The average Bonchev–Trinajstić information content (AvgIpc) is 2.31. The summed E-state index contributed by atoms with van der Waals surface area (Å²) in [5.74, 6) is 0.278. The van der Waals surface area contributed by atoms with E-state index in [1.54, 1.807) is 0 Å². The summed E-state index contributed by atoms with van der Waals surface area (Å²) in [5.41, 5.74) is 5.76. The van der Waals surface area contributed by atoms with E-state index < -0.39 is 0 Å². The van der Waals surface area contributed by atoms with Gasteiger partial charge in [0.2, 0.25) is 5.91 Å². The average molecular weight is 183 g/mol. The number of hydrogen-bond acceptors (Lipinski definition) is 3. The molecule has 2 rings (SSSR count). The second kappa shape index (κ2) is 3.64. The molecule has 74 valence electrons. The molecule has 1 amide bonds. The zero-order valence-electron chi connectivity index (χ0n) is 7.91. The molecule has 0 radical (unpaired) electrons. The Bertz CT molecular complexity index is 203. The minimum Gasteiger partial charge on any atom is -0.341 e. The Hall–Kier alpha value is -0.610. The molecule has 4 nitrogen and oxygen atoms in total. The van der Waals surface area contributed by atoms with Crippen LogP contribution >= 0.6 is 0 Å². The molecule has 0 spiro atoms. The van der Waals surface area contributed by atoms with Gasteiger partial charge in [0.25, 0.3) is 0 Å². The van der Waals surface area contributed by atoms with Crippen LogP contribution in [-0.4, -0.2) is 54.5 Å². The molecule has 0 bridgehead atoms. The summed E-state index contributed by atoms with van der Waals surface area (Å²) in [6.45, 7) is 4.37. The minimum atomic E-state index is 0.278. The van der Waals surface area contributed by atoms with Crippen molar-refractivity contribution in [1.82, 2.24) is 9.80 Å². The number of carbonyl (C=O) groups excluding carboxylic acids is 1. The third-order valence-electron chi connectivity index (χ3n) is 2.88. The lowest BCUT2D eigenvalue weighted by molar-refractivity contribution is -0.135. The molecule has 2 heterocycles. The lowest BCUT2D eigenvalue weighted by atomic mass is 10.2. The largest absolute Gasteiger partial charge is 0.341 e. The molecular weight excluding hydrogens is 166 g/mol. The van der Waals surface area contributed by atoms with Gasteiger partial charge < -0.3 is 10.6 Å². The van der Waals surface area contributed by atoms with Crippen molar-refractivity contribution in [2.45, 2.75) is 18.9 Å². The number of carbonyl (C=O) groups is 1. The standard InChI is InChI=1S/C9H17N3O/c10-8-2-5-11(6-8)7-9(13)12-3-1-4-12/h8H,1-7,10H2/t8-/m1/s1. The Morgan fingerprint density at radius 3 is 2.62 bits per heavy atom. The molecular formula is C9H17N3O. The number of amides is 1. The quantitative estimate of drug-likeness (QED) is 0.613. The third-order valence-corrected chi connectivity index (χ3v) is 2.88. The molecule has 2 N–H and O–H groups in total. The van der Waals surface area contributed by atoms with Gasteiger partial charge in [0, 0.05) is 32.2 Å². The highest BCUT2D eigenvalue weighted by molar-refractivity contribution is 5.78. The molecule has 2 aliphatic heterocycles. The van der Waals surface area contributed by atoms with Crippen LogP contribution in [0.5, 0.6) is 0 Å². The second-order valence-corrected chi connectivity index (χ2v) is 4.02. The van der Waals surface area contributed by atoms with E-state index in [4.69, 9.17) is 5.73 Å². The topological polar surface area (TPSA) is 49.6 Å². The fourth-order valence-electron chi connectivity index (χ4n) is 1.86. The number of rotatable bonds is 2. The van der Waals surface area contributed by atoms with Gasteiger partial charge in [-0.05, 0) is 12.8 Å². The van der Waals surface area contributed by atoms with Crippen LogP contribution in [-0.2, 0) is 4.79 Å². The zero-order chi connectivity index (χ0) is 9.26. The fourth-order valence-corrected chi connectivity index (χ4v) is 1.86. The van der Waals surface area contributed by atoms with Gasteiger partial charge in [-0.15, -0.1) is 0 Å². The van der Waals surface area contributed by atoms with Gasteiger partial charge in [-0.3, -0.25) is 9.69 Å². The molecule has 2 aliphatic rings. The van der Waals surface area contributed by atoms with Crippen molar-refractivity contribution in [3.05, 3.63) is 0 Å². The lowest BCUT2D eigenvalue weighted by Gasteiger charge is -2.32. The first kappa shape index (κ1) is 8.97. The van der Waals surface area contributed by atoms with Gasteiger partial charge in [0.1, 0.15) is 0 Å². The molecule has 2 fully saturated rings. The van der Waals surface area contributed by atoms with Gasteiger partial charge >= 0.3 is 0 Å². The minimum absolute atomic E-state index is 0.278. The Morgan fingerprint density at radius 1 is 1.38 bits per heavy atom. The molecule has 0 aromatic rings. The summed E-state index contributed by atoms with van der Waals surface area (Å²) < 4.78 is 0.